The van der Waals surface area contributed by atoms with Gasteiger partial charge in [-0.15, -0.1) is 8.78 Å². The normalized spacial score (nSPS) is 16.1. The minimum Gasteiger partial charge on any atom is -0.444 e. The van der Waals surface area contributed by atoms with Gasteiger partial charge in [0, 0.05) is 43.1 Å². The van der Waals surface area contributed by atoms with E-state index in [2.05, 4.69) is 41.2 Å². The lowest BCUT2D eigenvalue weighted by Crippen LogP contribution is -2.36. The number of nitrogens with one attached hydrogen (secondary N) is 2. The molecule has 2 N–H and O–H groups in total. The Bertz CT molecular complexity index is 1060. The average Bonchev–Trinajstić information content (AvgIpc) is 3.20. The second-order valence-corrected chi connectivity index (χ2v) is 10.3. The molecule has 1 saturated heterocycles. The number of hydrogen-bond acceptors (Lipinski definition) is 6. The fourth-order valence-corrected chi connectivity index (χ4v) is 4.15. The molecular weight excluding hydrogens is 550 g/mol. The summed E-state index contributed by atoms with van der Waals surface area (Å²) in [5, 5.41) is 5.48. The van der Waals surface area contributed by atoms with E-state index in [4.69, 9.17) is 16.3 Å². The van der Waals surface area contributed by atoms with Crippen molar-refractivity contribution in [3.05, 3.63) is 46.6 Å². The number of nitrogens with zero attached hydrogens (tertiary/aromatic N) is 2. The van der Waals surface area contributed by atoms with E-state index in [1.165, 1.54) is 30.5 Å². The van der Waals surface area contributed by atoms with E-state index in [1.54, 1.807) is 6.07 Å². The van der Waals surface area contributed by atoms with Crippen molar-refractivity contribution >= 4 is 51.0 Å². The lowest BCUT2D eigenvalue weighted by atomic mass is 10.1. The minimum atomic E-state index is -3.81. The monoisotopic (exact) mass is 574 g/mol. The number of benzene rings is 1. The molecule has 2 heterocycles. The largest absolute Gasteiger partial charge is 0.487 e. The van der Waals surface area contributed by atoms with Crippen molar-refractivity contribution in [2.45, 2.75) is 38.4 Å². The molecule has 0 spiro atoms. The first-order chi connectivity index (χ1) is 16.3. The molecule has 1 atom stereocenters. The quantitative estimate of drug-likeness (QED) is 0.417. The van der Waals surface area contributed by atoms with Gasteiger partial charge in [-0.25, -0.2) is 9.78 Å². The van der Waals surface area contributed by atoms with E-state index in [0.29, 0.717) is 34.6 Å². The molecule has 8 nitrogen and oxygen atoms in total. The van der Waals surface area contributed by atoms with E-state index in [-0.39, 0.29) is 11.7 Å². The number of aromatic nitrogens is 1. The van der Waals surface area contributed by atoms with Gasteiger partial charge in [0.1, 0.15) is 17.2 Å². The third-order valence-corrected chi connectivity index (χ3v) is 5.61. The average molecular weight is 576 g/mol. The summed E-state index contributed by atoms with van der Waals surface area (Å²) < 4.78 is 35.6. The Morgan fingerprint density at radius 3 is 2.54 bits per heavy atom. The molecule has 1 aromatic heterocycles. The molecule has 0 radical (unpaired) electrons. The third-order valence-electron chi connectivity index (χ3n) is 4.95. The molecule has 35 heavy (non-hydrogen) atoms. The van der Waals surface area contributed by atoms with E-state index < -0.39 is 23.2 Å². The van der Waals surface area contributed by atoms with Crippen molar-refractivity contribution in [3.8, 4) is 5.75 Å². The zero-order valence-electron chi connectivity index (χ0n) is 19.4. The third kappa shape index (κ3) is 8.50. The molecule has 0 aliphatic carbocycles. The zero-order valence-corrected chi connectivity index (χ0v) is 21.8. The van der Waals surface area contributed by atoms with Gasteiger partial charge in [-0.3, -0.25) is 4.79 Å². The molecule has 1 fully saturated rings. The van der Waals surface area contributed by atoms with Gasteiger partial charge >= 0.3 is 11.7 Å². The van der Waals surface area contributed by atoms with Crippen LogP contribution in [0.5, 0.6) is 5.75 Å². The predicted octanol–water partition coefficient (Wildman–Crippen LogP) is 5.62. The Morgan fingerprint density at radius 1 is 1.26 bits per heavy atom. The van der Waals surface area contributed by atoms with E-state index in [1.807, 2.05) is 20.8 Å². The van der Waals surface area contributed by atoms with Crippen LogP contribution in [0.1, 0.15) is 37.6 Å². The molecule has 0 bridgehead atoms. The molecule has 2 aromatic rings. The van der Waals surface area contributed by atoms with Crippen LogP contribution in [0, 0.1) is 5.92 Å². The number of anilines is 2. The first kappa shape index (κ1) is 26.9. The van der Waals surface area contributed by atoms with Crippen LogP contribution in [0.3, 0.4) is 0 Å². The van der Waals surface area contributed by atoms with Gasteiger partial charge in [0.2, 0.25) is 0 Å². The summed E-state index contributed by atoms with van der Waals surface area (Å²) in [4.78, 5) is 31.0. The first-order valence-corrected chi connectivity index (χ1v) is 12.0. The van der Waals surface area contributed by atoms with E-state index >= 15 is 0 Å². The maximum atomic E-state index is 12.7. The maximum absolute atomic E-state index is 12.7. The fraction of sp³-hybridized carbons (Fsp3) is 0.435. The van der Waals surface area contributed by atoms with Gasteiger partial charge in [0.05, 0.1) is 10.0 Å². The number of alkyl carbamates (subject to hydrolysis) is 1. The Hall–Kier alpha value is -2.66. The van der Waals surface area contributed by atoms with Crippen LogP contribution in [-0.4, -0.2) is 47.8 Å². The number of carbonyl (C=O) groups is 2. The number of ether oxygens (including phenoxy) is 2. The van der Waals surface area contributed by atoms with Crippen molar-refractivity contribution in [2.75, 3.05) is 29.9 Å². The highest BCUT2D eigenvalue weighted by Gasteiger charge is 2.28. The van der Waals surface area contributed by atoms with Crippen LogP contribution in [-0.2, 0) is 4.74 Å². The van der Waals surface area contributed by atoms with Crippen molar-refractivity contribution in [2.24, 2.45) is 5.92 Å². The number of halogens is 4. The van der Waals surface area contributed by atoms with Crippen LogP contribution < -0.4 is 20.3 Å². The molecule has 0 saturated carbocycles. The summed E-state index contributed by atoms with van der Waals surface area (Å²) in [7, 11) is 0. The summed E-state index contributed by atoms with van der Waals surface area (Å²) >= 11 is 8.23. The van der Waals surface area contributed by atoms with Crippen molar-refractivity contribution in [3.63, 3.8) is 0 Å². The topological polar surface area (TPSA) is 92.8 Å². The molecular formula is C23H26BrClF2N4O4. The highest BCUT2D eigenvalue weighted by molar-refractivity contribution is 9.10. The molecule has 3 rings (SSSR count). The number of alkyl halides is 3. The number of pyridine rings is 1. The summed E-state index contributed by atoms with van der Waals surface area (Å²) in [6.07, 6.45) is 1.90. The molecule has 190 valence electrons. The van der Waals surface area contributed by atoms with Crippen LogP contribution >= 0.6 is 27.5 Å². The Morgan fingerprint density at radius 2 is 1.94 bits per heavy atom. The van der Waals surface area contributed by atoms with Crippen LogP contribution in [0.15, 0.2) is 41.0 Å². The Kier molecular flexibility index (Phi) is 8.42. The summed E-state index contributed by atoms with van der Waals surface area (Å²) in [5.74, 6) is 0.388. The first-order valence-electron chi connectivity index (χ1n) is 10.8. The van der Waals surface area contributed by atoms with Gasteiger partial charge in [0.25, 0.3) is 5.91 Å². The second-order valence-electron chi connectivity index (χ2n) is 9.04. The second kappa shape index (κ2) is 10.9. The van der Waals surface area contributed by atoms with Gasteiger partial charge in [-0.1, -0.05) is 0 Å². The van der Waals surface area contributed by atoms with Gasteiger partial charge in [0.15, 0.2) is 0 Å². The number of carbonyl (C=O) groups excluding carboxylic acids is 2. The Labute approximate surface area is 215 Å². The lowest BCUT2D eigenvalue weighted by Gasteiger charge is -2.21. The smallest absolute Gasteiger partial charge is 0.444 e. The zero-order chi connectivity index (χ0) is 25.8. The number of amides is 2. The van der Waals surface area contributed by atoms with Gasteiger partial charge < -0.3 is 25.0 Å². The van der Waals surface area contributed by atoms with Crippen molar-refractivity contribution in [1.29, 1.82) is 0 Å². The van der Waals surface area contributed by atoms with Crippen molar-refractivity contribution < 1.29 is 27.8 Å². The molecule has 2 amide bonds. The Balaban J connectivity index is 1.55. The molecule has 1 aromatic carbocycles. The lowest BCUT2D eigenvalue weighted by molar-refractivity contribution is -0.0964. The molecule has 1 aliphatic rings. The van der Waals surface area contributed by atoms with Crippen molar-refractivity contribution in [1.82, 2.24) is 10.3 Å². The predicted molar refractivity (Wildman–Crippen MR) is 132 cm³/mol. The maximum Gasteiger partial charge on any atom is 0.487 e. The van der Waals surface area contributed by atoms with Gasteiger partial charge in [-0.05, 0) is 79.4 Å². The summed E-state index contributed by atoms with van der Waals surface area (Å²) in [5.41, 5.74) is -3.65. The van der Waals surface area contributed by atoms with Crippen LogP contribution in [0.4, 0.5) is 25.1 Å². The SMILES string of the molecule is CC(C)(C)OC(=O)NCC1CCN(c2ncc(C(=O)Nc3ccc(OC(F)(F)Cl)cc3)cc2Br)C1. The van der Waals surface area contributed by atoms with Gasteiger partial charge in [-0.2, -0.15) is 0 Å². The minimum absolute atomic E-state index is 0.137. The molecule has 12 heteroatoms. The van der Waals surface area contributed by atoms with Crippen LogP contribution in [0.25, 0.3) is 0 Å². The standard InChI is InChI=1S/C23H26BrClF2N4O4/c1-22(2,3)35-21(33)29-11-14-8-9-31(13-14)19-18(24)10-15(12-28-19)20(32)30-16-4-6-17(7-5-16)34-23(25,26)27/h4-7,10,12,14H,8-9,11,13H2,1-3H3,(H,29,33)(H,30,32). The summed E-state index contributed by atoms with van der Waals surface area (Å²) in [6, 6.07) is 7.04. The highest BCUT2D eigenvalue weighted by atomic mass is 79.9. The fourth-order valence-electron chi connectivity index (χ4n) is 3.46. The number of hydrogen-bond donors (Lipinski definition) is 2. The van der Waals surface area contributed by atoms with E-state index in [0.717, 1.165) is 13.0 Å². The van der Waals surface area contributed by atoms with Crippen LogP contribution in [0.2, 0.25) is 0 Å². The summed E-state index contributed by atoms with van der Waals surface area (Å²) in [6.45, 7) is 7.39. The van der Waals surface area contributed by atoms with E-state index in [9.17, 15) is 18.4 Å². The molecule has 1 unspecified atom stereocenters. The highest BCUT2D eigenvalue weighted by Crippen LogP contribution is 2.30. The molecule has 1 aliphatic heterocycles. The number of rotatable bonds is 7.